The number of primary amides is 1. The number of aromatic hydroxyl groups is 1. The number of likely N-dealkylation sites (N-methyl/N-ethyl adjacent to an activating group) is 1. The molecule has 0 aliphatic heterocycles. The van der Waals surface area contributed by atoms with Crippen LogP contribution in [0, 0.1) is 23.7 Å². The predicted octanol–water partition coefficient (Wildman–Crippen LogP) is 0.106. The van der Waals surface area contributed by atoms with Gasteiger partial charge in [-0.15, -0.1) is 0 Å². The Hall–Kier alpha value is -3.15. The average Bonchev–Trinajstić information content (AvgIpc) is 2.84. The van der Waals surface area contributed by atoms with Crippen molar-refractivity contribution < 1.29 is 38.9 Å². The Bertz CT molecular complexity index is 1260. The molecular weight excluding hydrogens is 506 g/mol. The molecule has 1 amide bonds. The van der Waals surface area contributed by atoms with Crippen molar-refractivity contribution in [2.75, 3.05) is 27.7 Å². The van der Waals surface area contributed by atoms with Gasteiger partial charge in [-0.25, -0.2) is 0 Å². The van der Waals surface area contributed by atoms with Crippen molar-refractivity contribution >= 4 is 29.0 Å². The number of amides is 1. The number of hydrogen-bond acceptors (Lipinski definition) is 10. The Morgan fingerprint density at radius 1 is 1.21 bits per heavy atom. The van der Waals surface area contributed by atoms with E-state index in [9.17, 15) is 34.2 Å². The standard InChI is InChI=1S/C28H37N3O8/c1-7-31(12(2)3)11-14-10-17(32)19-15(24(14)39-6)8-13-9-16-21(30(4)5)23(34)20(27(29)37)26(36)28(16,38)25(35)18(13)22(19)33/h10,12-13,16,18,20-21,32,38H,7-9,11H2,1-6H3,(H2,29,37)/t13-,16-,18?,20?,21-,28-/m0/s1. The second kappa shape index (κ2) is 10.1. The minimum Gasteiger partial charge on any atom is -0.507 e. The highest BCUT2D eigenvalue weighted by atomic mass is 16.5. The van der Waals surface area contributed by atoms with Gasteiger partial charge < -0.3 is 20.7 Å². The number of methoxy groups -OCH3 is 1. The summed E-state index contributed by atoms with van der Waals surface area (Å²) in [7, 11) is 4.58. The molecule has 2 saturated carbocycles. The molecule has 3 aliphatic rings. The quantitative estimate of drug-likeness (QED) is 0.401. The van der Waals surface area contributed by atoms with Gasteiger partial charge >= 0.3 is 0 Å². The van der Waals surface area contributed by atoms with Gasteiger partial charge in [0.2, 0.25) is 5.91 Å². The summed E-state index contributed by atoms with van der Waals surface area (Å²) in [6.07, 6.45) is 0.148. The summed E-state index contributed by atoms with van der Waals surface area (Å²) in [5.41, 5.74) is 3.68. The molecule has 6 atom stereocenters. The lowest BCUT2D eigenvalue weighted by atomic mass is 9.52. The molecular formula is C28H37N3O8. The molecule has 3 aliphatic carbocycles. The largest absolute Gasteiger partial charge is 0.507 e. The zero-order valence-corrected chi connectivity index (χ0v) is 23.2. The maximum absolute atomic E-state index is 13.9. The first-order valence-corrected chi connectivity index (χ1v) is 13.2. The fourth-order valence-electron chi connectivity index (χ4n) is 6.97. The van der Waals surface area contributed by atoms with Crippen LogP contribution in [0.25, 0.3) is 0 Å². The number of fused-ring (bicyclic) bond motifs is 3. The summed E-state index contributed by atoms with van der Waals surface area (Å²) in [6, 6.07) is 0.532. The number of aliphatic hydroxyl groups is 1. The fourth-order valence-corrected chi connectivity index (χ4v) is 6.97. The van der Waals surface area contributed by atoms with Gasteiger partial charge in [-0.3, -0.25) is 33.8 Å². The summed E-state index contributed by atoms with van der Waals surface area (Å²) in [6.45, 7) is 7.32. The number of hydrogen-bond donors (Lipinski definition) is 3. The third-order valence-electron chi connectivity index (χ3n) is 8.80. The smallest absolute Gasteiger partial charge is 0.235 e. The van der Waals surface area contributed by atoms with Crippen molar-refractivity contribution in [3.05, 3.63) is 22.8 Å². The van der Waals surface area contributed by atoms with Crippen molar-refractivity contribution in [1.29, 1.82) is 0 Å². The number of phenols is 1. The monoisotopic (exact) mass is 543 g/mol. The maximum Gasteiger partial charge on any atom is 0.235 e. The molecule has 2 fully saturated rings. The van der Waals surface area contributed by atoms with Crippen molar-refractivity contribution in [2.45, 2.75) is 57.8 Å². The first-order chi connectivity index (χ1) is 18.2. The maximum atomic E-state index is 13.9. The molecule has 0 spiro atoms. The van der Waals surface area contributed by atoms with Crippen molar-refractivity contribution in [3.63, 3.8) is 0 Å². The number of Topliss-reactive ketones (excluding diaryl/α,β-unsaturated/α-hetero) is 4. The third-order valence-corrected chi connectivity index (χ3v) is 8.80. The molecule has 212 valence electrons. The lowest BCUT2D eigenvalue weighted by Gasteiger charge is -2.52. The molecule has 1 aromatic rings. The van der Waals surface area contributed by atoms with E-state index in [1.54, 1.807) is 14.1 Å². The molecule has 0 heterocycles. The van der Waals surface area contributed by atoms with Gasteiger partial charge in [-0.2, -0.15) is 0 Å². The van der Waals surface area contributed by atoms with Gasteiger partial charge in [-0.05, 0) is 59.3 Å². The minimum absolute atomic E-state index is 0.00881. The highest BCUT2D eigenvalue weighted by molar-refractivity contribution is 6.32. The number of ether oxygens (including phenoxy) is 1. The highest BCUT2D eigenvalue weighted by Gasteiger charge is 2.69. The van der Waals surface area contributed by atoms with Crippen LogP contribution in [0.1, 0.15) is 48.7 Å². The van der Waals surface area contributed by atoms with Gasteiger partial charge in [0.1, 0.15) is 11.5 Å². The van der Waals surface area contributed by atoms with Crippen LogP contribution in [0.5, 0.6) is 11.5 Å². The van der Waals surface area contributed by atoms with Crippen LogP contribution in [-0.2, 0) is 32.1 Å². The molecule has 11 nitrogen and oxygen atoms in total. The molecule has 1 aromatic carbocycles. The second-order valence-corrected chi connectivity index (χ2v) is 11.4. The summed E-state index contributed by atoms with van der Waals surface area (Å²) >= 11 is 0. The van der Waals surface area contributed by atoms with E-state index >= 15 is 0 Å². The van der Waals surface area contributed by atoms with Gasteiger partial charge in [0.25, 0.3) is 0 Å². The van der Waals surface area contributed by atoms with Crippen LogP contribution in [0.3, 0.4) is 0 Å². The van der Waals surface area contributed by atoms with Gasteiger partial charge in [-0.1, -0.05) is 6.92 Å². The Morgan fingerprint density at radius 2 is 1.85 bits per heavy atom. The summed E-state index contributed by atoms with van der Waals surface area (Å²) in [4.78, 5) is 70.0. The Labute approximate surface area is 227 Å². The van der Waals surface area contributed by atoms with Gasteiger partial charge in [0.15, 0.2) is 34.7 Å². The SMILES string of the molecule is CCN(Cc1cc(O)c2c(c1OC)C[C@H]1C[C@H]3[C@H](N(C)C)C(=O)C(C(N)=O)C(=O)[C@@]3(O)C(=O)C1C2=O)C(C)C. The Balaban J connectivity index is 1.85. The summed E-state index contributed by atoms with van der Waals surface area (Å²) < 4.78 is 5.75. The number of ketones is 4. The van der Waals surface area contributed by atoms with E-state index in [0.717, 1.165) is 6.54 Å². The highest BCUT2D eigenvalue weighted by Crippen LogP contribution is 2.52. The second-order valence-electron chi connectivity index (χ2n) is 11.4. The van der Waals surface area contributed by atoms with Crippen LogP contribution in [0.15, 0.2) is 6.07 Å². The predicted molar refractivity (Wildman–Crippen MR) is 139 cm³/mol. The number of nitrogens with two attached hydrogens (primary N) is 1. The Morgan fingerprint density at radius 3 is 2.36 bits per heavy atom. The van der Waals surface area contributed by atoms with E-state index in [1.807, 2.05) is 20.8 Å². The normalized spacial score (nSPS) is 30.5. The molecule has 2 unspecified atom stereocenters. The lowest BCUT2D eigenvalue weighted by Crippen LogP contribution is -2.74. The number of carbonyl (C=O) groups is 5. The van der Waals surface area contributed by atoms with E-state index < -0.39 is 64.4 Å². The number of benzene rings is 1. The molecule has 0 saturated heterocycles. The molecule has 0 radical (unpaired) electrons. The molecule has 4 N–H and O–H groups in total. The molecule has 4 rings (SSSR count). The molecule has 0 bridgehead atoms. The Kier molecular flexibility index (Phi) is 7.48. The average molecular weight is 544 g/mol. The van der Waals surface area contributed by atoms with Crippen LogP contribution >= 0.6 is 0 Å². The summed E-state index contributed by atoms with van der Waals surface area (Å²) in [5, 5.41) is 22.6. The van der Waals surface area contributed by atoms with Crippen molar-refractivity contribution in [3.8, 4) is 11.5 Å². The number of rotatable bonds is 7. The van der Waals surface area contributed by atoms with Gasteiger partial charge in [0.05, 0.1) is 24.6 Å². The lowest BCUT2D eigenvalue weighted by molar-refractivity contribution is -0.181. The minimum atomic E-state index is -2.74. The van der Waals surface area contributed by atoms with Gasteiger partial charge in [0, 0.05) is 29.6 Å². The zero-order valence-electron chi connectivity index (χ0n) is 23.2. The van der Waals surface area contributed by atoms with Crippen LogP contribution in [-0.4, -0.2) is 94.5 Å². The van der Waals surface area contributed by atoms with E-state index in [1.165, 1.54) is 18.1 Å². The van der Waals surface area contributed by atoms with Crippen LogP contribution in [0.2, 0.25) is 0 Å². The third kappa shape index (κ3) is 4.18. The zero-order chi connectivity index (χ0) is 29.1. The van der Waals surface area contributed by atoms with Crippen LogP contribution < -0.4 is 10.5 Å². The van der Waals surface area contributed by atoms with Crippen molar-refractivity contribution in [1.82, 2.24) is 9.80 Å². The molecule has 0 aromatic heterocycles. The summed E-state index contributed by atoms with van der Waals surface area (Å²) in [5.74, 6) is -10.2. The number of carbonyl (C=O) groups excluding carboxylic acids is 5. The molecule has 39 heavy (non-hydrogen) atoms. The van der Waals surface area contributed by atoms with Crippen LogP contribution in [0.4, 0.5) is 0 Å². The fraction of sp³-hybridized carbons (Fsp3) is 0.607. The van der Waals surface area contributed by atoms with E-state index in [-0.39, 0.29) is 30.2 Å². The van der Waals surface area contributed by atoms with E-state index in [0.29, 0.717) is 23.4 Å². The van der Waals surface area contributed by atoms with E-state index in [2.05, 4.69) is 4.90 Å². The van der Waals surface area contributed by atoms with Crippen molar-refractivity contribution in [2.24, 2.45) is 29.4 Å². The van der Waals surface area contributed by atoms with E-state index in [4.69, 9.17) is 10.5 Å². The number of phenolic OH excluding ortho intramolecular Hbond substituents is 1. The number of nitrogens with zero attached hydrogens (tertiary/aromatic N) is 2. The topological polar surface area (TPSA) is 168 Å². The first kappa shape index (κ1) is 28.8. The first-order valence-electron chi connectivity index (χ1n) is 13.2. The molecule has 11 heteroatoms.